The Kier molecular flexibility index (Phi) is 4.42. The summed E-state index contributed by atoms with van der Waals surface area (Å²) >= 11 is 0. The van der Waals surface area contributed by atoms with E-state index in [4.69, 9.17) is 4.74 Å². The summed E-state index contributed by atoms with van der Waals surface area (Å²) in [5.41, 5.74) is 0. The molecule has 3 saturated heterocycles. The van der Waals surface area contributed by atoms with Gasteiger partial charge in [0, 0.05) is 45.8 Å². The van der Waals surface area contributed by atoms with Crippen LogP contribution in [-0.2, 0) is 14.3 Å². The SMILES string of the molecule is CCN1CCOC(CN2CC3CNCCN3C(=O)C2=O)C1. The van der Waals surface area contributed by atoms with Gasteiger partial charge < -0.3 is 19.9 Å². The zero-order valence-corrected chi connectivity index (χ0v) is 12.6. The minimum atomic E-state index is -0.370. The average molecular weight is 296 g/mol. The lowest BCUT2D eigenvalue weighted by molar-refractivity contribution is -0.162. The Hall–Kier alpha value is -1.18. The lowest BCUT2D eigenvalue weighted by atomic mass is 10.1. The van der Waals surface area contributed by atoms with E-state index < -0.39 is 0 Å². The highest BCUT2D eigenvalue weighted by Gasteiger charge is 2.40. The van der Waals surface area contributed by atoms with Crippen molar-refractivity contribution >= 4 is 11.8 Å². The Morgan fingerprint density at radius 2 is 2.10 bits per heavy atom. The van der Waals surface area contributed by atoms with Crippen LogP contribution < -0.4 is 5.32 Å². The lowest BCUT2D eigenvalue weighted by Crippen LogP contribution is -2.66. The van der Waals surface area contributed by atoms with Gasteiger partial charge in [0.05, 0.1) is 18.8 Å². The van der Waals surface area contributed by atoms with E-state index in [1.54, 1.807) is 9.80 Å². The van der Waals surface area contributed by atoms with Crippen molar-refractivity contribution in [2.45, 2.75) is 19.1 Å². The molecule has 3 fully saturated rings. The quantitative estimate of drug-likeness (QED) is 0.632. The molecular formula is C14H24N4O3. The Morgan fingerprint density at radius 1 is 1.24 bits per heavy atom. The number of fused-ring (bicyclic) bond motifs is 1. The maximum absolute atomic E-state index is 12.3. The molecule has 2 atom stereocenters. The maximum atomic E-state index is 12.3. The lowest BCUT2D eigenvalue weighted by Gasteiger charge is -2.44. The van der Waals surface area contributed by atoms with Gasteiger partial charge in [-0.25, -0.2) is 0 Å². The number of carbonyl (C=O) groups excluding carboxylic acids is 2. The molecule has 0 aliphatic carbocycles. The molecule has 2 amide bonds. The van der Waals surface area contributed by atoms with E-state index in [1.807, 2.05) is 0 Å². The molecule has 0 aromatic heterocycles. The summed E-state index contributed by atoms with van der Waals surface area (Å²) in [5.74, 6) is -0.721. The highest BCUT2D eigenvalue weighted by Crippen LogP contribution is 2.16. The second-order valence-electron chi connectivity index (χ2n) is 5.95. The highest BCUT2D eigenvalue weighted by molar-refractivity contribution is 6.35. The van der Waals surface area contributed by atoms with E-state index in [-0.39, 0.29) is 24.0 Å². The Balaban J connectivity index is 1.62. The van der Waals surface area contributed by atoms with Gasteiger partial charge in [-0.05, 0) is 6.54 Å². The minimum Gasteiger partial charge on any atom is -0.374 e. The topological polar surface area (TPSA) is 65.1 Å². The molecule has 1 N–H and O–H groups in total. The van der Waals surface area contributed by atoms with E-state index in [2.05, 4.69) is 17.1 Å². The van der Waals surface area contributed by atoms with Gasteiger partial charge in [-0.15, -0.1) is 0 Å². The van der Waals surface area contributed by atoms with Gasteiger partial charge in [0.25, 0.3) is 0 Å². The highest BCUT2D eigenvalue weighted by atomic mass is 16.5. The van der Waals surface area contributed by atoms with E-state index in [0.717, 1.165) is 32.7 Å². The molecular weight excluding hydrogens is 272 g/mol. The van der Waals surface area contributed by atoms with E-state index in [9.17, 15) is 9.59 Å². The molecule has 0 spiro atoms. The summed E-state index contributed by atoms with van der Waals surface area (Å²) in [7, 11) is 0. The maximum Gasteiger partial charge on any atom is 0.312 e. The normalized spacial score (nSPS) is 31.5. The Labute approximate surface area is 125 Å². The second-order valence-corrected chi connectivity index (χ2v) is 5.95. The van der Waals surface area contributed by atoms with Gasteiger partial charge in [-0.1, -0.05) is 6.92 Å². The largest absolute Gasteiger partial charge is 0.374 e. The molecule has 0 saturated carbocycles. The summed E-state index contributed by atoms with van der Waals surface area (Å²) < 4.78 is 5.76. The minimum absolute atomic E-state index is 0.0125. The molecule has 0 aromatic carbocycles. The molecule has 3 heterocycles. The first-order valence-electron chi connectivity index (χ1n) is 7.83. The van der Waals surface area contributed by atoms with Crippen LogP contribution in [0.2, 0.25) is 0 Å². The molecule has 0 aromatic rings. The number of nitrogens with one attached hydrogen (secondary N) is 1. The van der Waals surface area contributed by atoms with Crippen molar-refractivity contribution in [3.8, 4) is 0 Å². The third-order valence-electron chi connectivity index (χ3n) is 4.61. The van der Waals surface area contributed by atoms with Crippen LogP contribution >= 0.6 is 0 Å². The molecule has 21 heavy (non-hydrogen) atoms. The number of morpholine rings is 1. The van der Waals surface area contributed by atoms with Crippen LogP contribution in [0.4, 0.5) is 0 Å². The number of carbonyl (C=O) groups is 2. The Bertz CT molecular complexity index is 417. The first-order valence-corrected chi connectivity index (χ1v) is 7.83. The predicted octanol–water partition coefficient (Wildman–Crippen LogP) is -1.65. The average Bonchev–Trinajstić information content (AvgIpc) is 2.52. The number of rotatable bonds is 3. The van der Waals surface area contributed by atoms with Crippen LogP contribution in [0.15, 0.2) is 0 Å². The van der Waals surface area contributed by atoms with Crippen molar-refractivity contribution in [2.75, 3.05) is 59.0 Å². The van der Waals surface area contributed by atoms with Crippen molar-refractivity contribution < 1.29 is 14.3 Å². The fourth-order valence-corrected chi connectivity index (χ4v) is 3.37. The van der Waals surface area contributed by atoms with Gasteiger partial charge >= 0.3 is 11.8 Å². The molecule has 0 bridgehead atoms. The van der Waals surface area contributed by atoms with Crippen LogP contribution in [0.3, 0.4) is 0 Å². The molecule has 118 valence electrons. The van der Waals surface area contributed by atoms with Crippen LogP contribution in [0, 0.1) is 0 Å². The summed E-state index contributed by atoms with van der Waals surface area (Å²) in [6.07, 6.45) is 0.0125. The predicted molar refractivity (Wildman–Crippen MR) is 76.8 cm³/mol. The van der Waals surface area contributed by atoms with Crippen molar-refractivity contribution in [3.63, 3.8) is 0 Å². The molecule has 7 nitrogen and oxygen atoms in total. The van der Waals surface area contributed by atoms with Crippen LogP contribution in [0.1, 0.15) is 6.92 Å². The molecule has 3 aliphatic heterocycles. The zero-order valence-electron chi connectivity index (χ0n) is 12.6. The van der Waals surface area contributed by atoms with E-state index in [0.29, 0.717) is 26.2 Å². The van der Waals surface area contributed by atoms with Crippen molar-refractivity contribution in [1.29, 1.82) is 0 Å². The summed E-state index contributed by atoms with van der Waals surface area (Å²) in [6, 6.07) is 0.106. The van der Waals surface area contributed by atoms with Gasteiger partial charge in [-0.3, -0.25) is 14.5 Å². The Morgan fingerprint density at radius 3 is 2.90 bits per heavy atom. The number of ether oxygens (including phenoxy) is 1. The van der Waals surface area contributed by atoms with E-state index in [1.165, 1.54) is 0 Å². The number of hydrogen-bond acceptors (Lipinski definition) is 5. The number of piperazine rings is 2. The van der Waals surface area contributed by atoms with Crippen LogP contribution in [0.25, 0.3) is 0 Å². The summed E-state index contributed by atoms with van der Waals surface area (Å²) in [4.78, 5) is 30.2. The molecule has 2 unspecified atom stereocenters. The third-order valence-corrected chi connectivity index (χ3v) is 4.61. The van der Waals surface area contributed by atoms with Crippen molar-refractivity contribution in [1.82, 2.24) is 20.0 Å². The van der Waals surface area contributed by atoms with Gasteiger partial charge in [-0.2, -0.15) is 0 Å². The first kappa shape index (κ1) is 14.7. The molecule has 7 heteroatoms. The summed E-state index contributed by atoms with van der Waals surface area (Å²) in [6.45, 7) is 8.90. The third kappa shape index (κ3) is 3.04. The molecule has 3 aliphatic rings. The number of likely N-dealkylation sites (N-methyl/N-ethyl adjacent to an activating group) is 1. The van der Waals surface area contributed by atoms with Crippen LogP contribution in [-0.4, -0.2) is 97.6 Å². The first-order chi connectivity index (χ1) is 10.2. The van der Waals surface area contributed by atoms with Gasteiger partial charge in [0.2, 0.25) is 0 Å². The van der Waals surface area contributed by atoms with Crippen molar-refractivity contribution in [3.05, 3.63) is 0 Å². The molecule has 0 radical (unpaired) electrons. The molecule has 3 rings (SSSR count). The standard InChI is InChI=1S/C14H24N4O3/c1-2-16-5-6-21-12(9-16)10-17-8-11-7-15-3-4-18(11)14(20)13(17)19/h11-12,15H,2-10H2,1H3. The fourth-order valence-electron chi connectivity index (χ4n) is 3.37. The smallest absolute Gasteiger partial charge is 0.312 e. The number of amides is 2. The second kappa shape index (κ2) is 6.29. The van der Waals surface area contributed by atoms with E-state index >= 15 is 0 Å². The summed E-state index contributed by atoms with van der Waals surface area (Å²) in [5, 5.41) is 3.29. The van der Waals surface area contributed by atoms with Crippen molar-refractivity contribution in [2.24, 2.45) is 0 Å². The fraction of sp³-hybridized carbons (Fsp3) is 0.857. The van der Waals surface area contributed by atoms with Gasteiger partial charge in [0.15, 0.2) is 0 Å². The number of nitrogens with zero attached hydrogens (tertiary/aromatic N) is 3. The zero-order chi connectivity index (χ0) is 14.8. The number of hydrogen-bond donors (Lipinski definition) is 1. The van der Waals surface area contributed by atoms with Gasteiger partial charge in [0.1, 0.15) is 0 Å². The van der Waals surface area contributed by atoms with Crippen LogP contribution in [0.5, 0.6) is 0 Å². The monoisotopic (exact) mass is 296 g/mol.